The third kappa shape index (κ3) is 3.91. The monoisotopic (exact) mass is 234 g/mol. The molecule has 0 unspecified atom stereocenters. The summed E-state index contributed by atoms with van der Waals surface area (Å²) in [5.41, 5.74) is 0. The first-order valence-electron chi connectivity index (χ1n) is 6.72. The van der Waals surface area contributed by atoms with E-state index in [9.17, 15) is 0 Å². The van der Waals surface area contributed by atoms with Crippen LogP contribution in [-0.2, 0) is 0 Å². The summed E-state index contributed by atoms with van der Waals surface area (Å²) in [4.78, 5) is 4.41. The summed E-state index contributed by atoms with van der Waals surface area (Å²) < 4.78 is 5.78. The van der Waals surface area contributed by atoms with Crippen molar-refractivity contribution < 1.29 is 4.74 Å². The molecule has 0 aromatic carbocycles. The first-order chi connectivity index (χ1) is 8.38. The molecule has 1 fully saturated rings. The molecular formula is C14H22N2O. The summed E-state index contributed by atoms with van der Waals surface area (Å²) in [6, 6.07) is 5.89. The Morgan fingerprint density at radius 2 is 2.12 bits per heavy atom. The molecule has 17 heavy (non-hydrogen) atoms. The zero-order chi connectivity index (χ0) is 11.9. The summed E-state index contributed by atoms with van der Waals surface area (Å²) in [6.07, 6.45) is 6.74. The van der Waals surface area contributed by atoms with Gasteiger partial charge in [0.05, 0.1) is 6.61 Å². The largest absolute Gasteiger partial charge is 0.477 e. The highest BCUT2D eigenvalue weighted by Gasteiger charge is 2.14. The molecule has 0 radical (unpaired) electrons. The normalized spacial score (nSPS) is 16.8. The van der Waals surface area contributed by atoms with E-state index in [1.807, 2.05) is 18.2 Å². The van der Waals surface area contributed by atoms with E-state index in [0.717, 1.165) is 30.8 Å². The number of nitrogens with one attached hydrogen (secondary N) is 1. The average molecular weight is 234 g/mol. The lowest BCUT2D eigenvalue weighted by Gasteiger charge is -2.21. The van der Waals surface area contributed by atoms with Gasteiger partial charge in [0, 0.05) is 12.6 Å². The molecule has 1 N–H and O–H groups in total. The lowest BCUT2D eigenvalue weighted by atomic mass is 9.90. The molecule has 0 aliphatic heterocycles. The second-order valence-corrected chi connectivity index (χ2v) is 4.71. The van der Waals surface area contributed by atoms with Crippen LogP contribution in [-0.4, -0.2) is 18.1 Å². The fourth-order valence-electron chi connectivity index (χ4n) is 2.33. The van der Waals surface area contributed by atoms with Gasteiger partial charge in [-0.15, -0.1) is 0 Å². The van der Waals surface area contributed by atoms with Crippen molar-refractivity contribution in [3.05, 3.63) is 18.2 Å². The third-order valence-electron chi connectivity index (χ3n) is 3.27. The van der Waals surface area contributed by atoms with Crippen molar-refractivity contribution in [2.75, 3.05) is 18.5 Å². The van der Waals surface area contributed by atoms with Crippen molar-refractivity contribution >= 4 is 5.82 Å². The molecule has 0 saturated heterocycles. The van der Waals surface area contributed by atoms with Gasteiger partial charge in [0.1, 0.15) is 5.82 Å². The zero-order valence-electron chi connectivity index (χ0n) is 10.6. The van der Waals surface area contributed by atoms with Crippen molar-refractivity contribution in [2.24, 2.45) is 5.92 Å². The SMILES string of the molecule is CCNc1cccc(OCC2CCCCC2)n1. The summed E-state index contributed by atoms with van der Waals surface area (Å²) in [6.45, 7) is 3.78. The van der Waals surface area contributed by atoms with Crippen LogP contribution in [0.25, 0.3) is 0 Å². The van der Waals surface area contributed by atoms with Crippen molar-refractivity contribution in [3.8, 4) is 5.88 Å². The first-order valence-corrected chi connectivity index (χ1v) is 6.72. The maximum absolute atomic E-state index is 5.78. The van der Waals surface area contributed by atoms with Crippen LogP contribution in [0.2, 0.25) is 0 Å². The van der Waals surface area contributed by atoms with Gasteiger partial charge < -0.3 is 10.1 Å². The van der Waals surface area contributed by atoms with Crippen molar-refractivity contribution in [2.45, 2.75) is 39.0 Å². The fourth-order valence-corrected chi connectivity index (χ4v) is 2.33. The van der Waals surface area contributed by atoms with Gasteiger partial charge >= 0.3 is 0 Å². The Bertz CT molecular complexity index is 335. The second kappa shape index (κ2) is 6.48. The van der Waals surface area contributed by atoms with Crippen LogP contribution in [0, 0.1) is 5.92 Å². The van der Waals surface area contributed by atoms with Crippen molar-refractivity contribution in [3.63, 3.8) is 0 Å². The Morgan fingerprint density at radius 3 is 2.88 bits per heavy atom. The minimum atomic E-state index is 0.730. The second-order valence-electron chi connectivity index (χ2n) is 4.71. The van der Waals surface area contributed by atoms with E-state index >= 15 is 0 Å². The van der Waals surface area contributed by atoms with Gasteiger partial charge in [-0.3, -0.25) is 0 Å². The van der Waals surface area contributed by atoms with Gasteiger partial charge in [-0.25, -0.2) is 0 Å². The molecule has 1 aromatic rings. The lowest BCUT2D eigenvalue weighted by Crippen LogP contribution is -2.15. The topological polar surface area (TPSA) is 34.1 Å². The van der Waals surface area contributed by atoms with Gasteiger partial charge in [-0.2, -0.15) is 4.98 Å². The number of hydrogen-bond donors (Lipinski definition) is 1. The summed E-state index contributed by atoms with van der Waals surface area (Å²) in [5, 5.41) is 3.19. The van der Waals surface area contributed by atoms with Crippen LogP contribution in [0.15, 0.2) is 18.2 Å². The van der Waals surface area contributed by atoms with E-state index in [1.54, 1.807) is 0 Å². The molecule has 1 saturated carbocycles. The van der Waals surface area contributed by atoms with E-state index in [4.69, 9.17) is 4.74 Å². The Hall–Kier alpha value is -1.25. The minimum absolute atomic E-state index is 0.730. The number of pyridine rings is 1. The highest BCUT2D eigenvalue weighted by molar-refractivity contribution is 5.36. The highest BCUT2D eigenvalue weighted by atomic mass is 16.5. The van der Waals surface area contributed by atoms with Gasteiger partial charge in [0.25, 0.3) is 0 Å². The molecule has 0 amide bonds. The Kier molecular flexibility index (Phi) is 4.65. The number of hydrogen-bond acceptors (Lipinski definition) is 3. The van der Waals surface area contributed by atoms with Crippen LogP contribution in [0.4, 0.5) is 5.82 Å². The lowest BCUT2D eigenvalue weighted by molar-refractivity contribution is 0.203. The number of nitrogens with zero attached hydrogens (tertiary/aromatic N) is 1. The van der Waals surface area contributed by atoms with E-state index in [2.05, 4.69) is 17.2 Å². The van der Waals surface area contributed by atoms with Crippen LogP contribution < -0.4 is 10.1 Å². The van der Waals surface area contributed by atoms with Gasteiger partial charge in [0.2, 0.25) is 5.88 Å². The van der Waals surface area contributed by atoms with Gasteiger partial charge in [0.15, 0.2) is 0 Å². The molecule has 0 atom stereocenters. The third-order valence-corrected chi connectivity index (χ3v) is 3.27. The molecular weight excluding hydrogens is 212 g/mol. The number of ether oxygens (including phenoxy) is 1. The molecule has 1 heterocycles. The van der Waals surface area contributed by atoms with E-state index < -0.39 is 0 Å². The maximum Gasteiger partial charge on any atom is 0.215 e. The number of anilines is 1. The van der Waals surface area contributed by atoms with Gasteiger partial charge in [-0.05, 0) is 31.7 Å². The van der Waals surface area contributed by atoms with E-state index in [1.165, 1.54) is 32.1 Å². The highest BCUT2D eigenvalue weighted by Crippen LogP contribution is 2.24. The quantitative estimate of drug-likeness (QED) is 0.847. The molecule has 1 aliphatic rings. The van der Waals surface area contributed by atoms with E-state index in [0.29, 0.717) is 0 Å². The van der Waals surface area contributed by atoms with E-state index in [-0.39, 0.29) is 0 Å². The zero-order valence-corrected chi connectivity index (χ0v) is 10.6. The molecule has 2 rings (SSSR count). The predicted octanol–water partition coefficient (Wildman–Crippen LogP) is 3.47. The smallest absolute Gasteiger partial charge is 0.215 e. The van der Waals surface area contributed by atoms with Crippen LogP contribution in [0.5, 0.6) is 5.88 Å². The van der Waals surface area contributed by atoms with Crippen LogP contribution >= 0.6 is 0 Å². The van der Waals surface area contributed by atoms with Gasteiger partial charge in [-0.1, -0.05) is 25.3 Å². The standard InChI is InChI=1S/C14H22N2O/c1-2-15-13-9-6-10-14(16-13)17-11-12-7-4-3-5-8-12/h6,9-10,12H,2-5,7-8,11H2,1H3,(H,15,16). The van der Waals surface area contributed by atoms with Crippen molar-refractivity contribution in [1.82, 2.24) is 4.98 Å². The molecule has 1 aliphatic carbocycles. The molecule has 0 spiro atoms. The van der Waals surface area contributed by atoms with Crippen molar-refractivity contribution in [1.29, 1.82) is 0 Å². The average Bonchev–Trinajstić information content (AvgIpc) is 2.39. The molecule has 94 valence electrons. The number of aromatic nitrogens is 1. The molecule has 3 nitrogen and oxygen atoms in total. The predicted molar refractivity (Wildman–Crippen MR) is 70.5 cm³/mol. The summed E-state index contributed by atoms with van der Waals surface area (Å²) in [7, 11) is 0. The molecule has 0 bridgehead atoms. The molecule has 3 heteroatoms. The Balaban J connectivity index is 1.83. The first kappa shape index (κ1) is 12.2. The fraction of sp³-hybridized carbons (Fsp3) is 0.643. The summed E-state index contributed by atoms with van der Waals surface area (Å²) in [5.74, 6) is 2.37. The van der Waals surface area contributed by atoms with Crippen LogP contribution in [0.3, 0.4) is 0 Å². The summed E-state index contributed by atoms with van der Waals surface area (Å²) >= 11 is 0. The minimum Gasteiger partial charge on any atom is -0.477 e. The Labute approximate surface area is 104 Å². The maximum atomic E-state index is 5.78. The van der Waals surface area contributed by atoms with Crippen LogP contribution in [0.1, 0.15) is 39.0 Å². The molecule has 1 aromatic heterocycles. The number of rotatable bonds is 5. The Morgan fingerprint density at radius 1 is 1.29 bits per heavy atom.